The van der Waals surface area contributed by atoms with E-state index in [9.17, 15) is 23.1 Å². The fourth-order valence-electron chi connectivity index (χ4n) is 5.33. The van der Waals surface area contributed by atoms with Crippen LogP contribution in [0.5, 0.6) is 0 Å². The number of aromatic nitrogens is 2. The van der Waals surface area contributed by atoms with Gasteiger partial charge >= 0.3 is 12.1 Å². The number of anilines is 1. The van der Waals surface area contributed by atoms with Crippen LogP contribution in [0, 0.1) is 0 Å². The molecule has 3 amide bonds. The Bertz CT molecular complexity index is 1530. The first-order valence-electron chi connectivity index (χ1n) is 14.3. The van der Waals surface area contributed by atoms with E-state index >= 15 is 0 Å². The van der Waals surface area contributed by atoms with E-state index in [2.05, 4.69) is 25.3 Å². The lowest BCUT2D eigenvalue weighted by Gasteiger charge is -2.37. The van der Waals surface area contributed by atoms with E-state index in [-0.39, 0.29) is 29.4 Å². The maximum atomic E-state index is 13.6. The minimum atomic E-state index is -3.97. The molecule has 1 aliphatic rings. The van der Waals surface area contributed by atoms with E-state index in [1.54, 1.807) is 57.4 Å². The first-order chi connectivity index (χ1) is 20.2. The Morgan fingerprint density at radius 3 is 2.42 bits per heavy atom. The van der Waals surface area contributed by atoms with Gasteiger partial charge in [0.15, 0.2) is 0 Å². The Labute approximate surface area is 257 Å². The Balaban J connectivity index is 1.55. The molecule has 4 N–H and O–H groups in total. The molecule has 0 bridgehead atoms. The number of thiazole rings is 1. The smallest absolute Gasteiger partial charge is 0.407 e. The summed E-state index contributed by atoms with van der Waals surface area (Å²) in [5, 5.41) is 16.0. The lowest BCUT2D eigenvalue weighted by atomic mass is 9.85. The third kappa shape index (κ3) is 8.52. The van der Waals surface area contributed by atoms with Gasteiger partial charge in [0, 0.05) is 47.2 Å². The quantitative estimate of drug-likeness (QED) is 0.226. The number of benzene rings is 1. The number of carbonyl (C=O) groups excluding carboxylic acids is 1. The van der Waals surface area contributed by atoms with Crippen molar-refractivity contribution in [3.05, 3.63) is 59.5 Å². The minimum Gasteiger partial charge on any atom is -0.465 e. The predicted molar refractivity (Wildman–Crippen MR) is 168 cm³/mol. The van der Waals surface area contributed by atoms with Crippen LogP contribution in [0.3, 0.4) is 0 Å². The standard InChI is InChI=1S/C30H40N6O5S2/c1-19(2)36(29(38)39)23-12-9-20(10-13-23)27-32-18-25(42-27)24-14-11-21(16-26(24)43(40,41)35-30(3,4)5)34-28(37)33-17-22-8-6-7-15-31-22/h6-8,11,14-16,18-20,23,35H,9-10,12-13,17H2,1-5H3,(H,38,39)(H2,33,34,37). The van der Waals surface area contributed by atoms with Crippen LogP contribution in [0.1, 0.15) is 76.9 Å². The van der Waals surface area contributed by atoms with E-state index in [1.807, 2.05) is 19.9 Å². The van der Waals surface area contributed by atoms with Crippen molar-refractivity contribution < 1.29 is 23.1 Å². The number of urea groups is 1. The van der Waals surface area contributed by atoms with Crippen LogP contribution >= 0.6 is 11.3 Å². The highest BCUT2D eigenvalue weighted by atomic mass is 32.2. The van der Waals surface area contributed by atoms with E-state index in [0.717, 1.165) is 30.7 Å². The lowest BCUT2D eigenvalue weighted by Crippen LogP contribution is -2.45. The topological polar surface area (TPSA) is 154 Å². The number of pyridine rings is 1. The Kier molecular flexibility index (Phi) is 10.1. The maximum absolute atomic E-state index is 13.6. The van der Waals surface area contributed by atoms with Gasteiger partial charge in [-0.2, -0.15) is 0 Å². The van der Waals surface area contributed by atoms with Crippen LogP contribution in [-0.4, -0.2) is 58.1 Å². The molecule has 13 heteroatoms. The van der Waals surface area contributed by atoms with Gasteiger partial charge in [-0.05, 0) is 84.6 Å². The zero-order valence-corrected chi connectivity index (χ0v) is 26.8. The van der Waals surface area contributed by atoms with Gasteiger partial charge in [0.2, 0.25) is 10.0 Å². The van der Waals surface area contributed by atoms with Crippen molar-refractivity contribution >= 4 is 39.2 Å². The van der Waals surface area contributed by atoms with Crippen molar-refractivity contribution in [2.24, 2.45) is 0 Å². The number of hydrogen-bond donors (Lipinski definition) is 4. The first kappa shape index (κ1) is 32.4. The van der Waals surface area contributed by atoms with Crippen molar-refractivity contribution in [2.75, 3.05) is 5.32 Å². The van der Waals surface area contributed by atoms with Crippen LogP contribution in [0.25, 0.3) is 10.4 Å². The van der Waals surface area contributed by atoms with E-state index < -0.39 is 27.7 Å². The molecule has 0 unspecified atom stereocenters. The number of carbonyl (C=O) groups is 2. The number of nitrogens with zero attached hydrogens (tertiary/aromatic N) is 3. The summed E-state index contributed by atoms with van der Waals surface area (Å²) in [6, 6.07) is 9.64. The fourth-order valence-corrected chi connectivity index (χ4v) is 8.19. The van der Waals surface area contributed by atoms with Gasteiger partial charge in [0.1, 0.15) is 0 Å². The molecule has 11 nitrogen and oxygen atoms in total. The van der Waals surface area contributed by atoms with Gasteiger partial charge in [0.05, 0.1) is 27.0 Å². The predicted octanol–water partition coefficient (Wildman–Crippen LogP) is 6.02. The molecule has 0 radical (unpaired) electrons. The van der Waals surface area contributed by atoms with E-state index in [0.29, 0.717) is 21.8 Å². The van der Waals surface area contributed by atoms with Crippen molar-refractivity contribution in [3.8, 4) is 10.4 Å². The van der Waals surface area contributed by atoms with Crippen LogP contribution in [0.4, 0.5) is 15.3 Å². The zero-order valence-electron chi connectivity index (χ0n) is 25.1. The summed E-state index contributed by atoms with van der Waals surface area (Å²) in [5.41, 5.74) is 0.786. The van der Waals surface area contributed by atoms with E-state index in [4.69, 9.17) is 0 Å². The Morgan fingerprint density at radius 1 is 1.09 bits per heavy atom. The molecule has 1 saturated carbocycles. The van der Waals surface area contributed by atoms with Crippen molar-refractivity contribution in [1.82, 2.24) is 24.9 Å². The highest BCUT2D eigenvalue weighted by Gasteiger charge is 2.32. The normalized spacial score (nSPS) is 17.4. The average molecular weight is 629 g/mol. The van der Waals surface area contributed by atoms with Crippen LogP contribution < -0.4 is 15.4 Å². The summed E-state index contributed by atoms with van der Waals surface area (Å²) < 4.78 is 29.9. The summed E-state index contributed by atoms with van der Waals surface area (Å²) in [4.78, 5) is 35.5. The number of nitrogens with one attached hydrogen (secondary N) is 3. The summed E-state index contributed by atoms with van der Waals surface area (Å²) in [6.45, 7) is 9.31. The van der Waals surface area contributed by atoms with Crippen LogP contribution in [-0.2, 0) is 16.6 Å². The fraction of sp³-hybridized carbons (Fsp3) is 0.467. The number of hydrogen-bond acceptors (Lipinski definition) is 7. The molecular weight excluding hydrogens is 589 g/mol. The summed E-state index contributed by atoms with van der Waals surface area (Å²) in [5.74, 6) is 0.175. The molecule has 0 atom stereocenters. The Hall–Kier alpha value is -3.55. The molecule has 1 aromatic carbocycles. The summed E-state index contributed by atoms with van der Waals surface area (Å²) >= 11 is 1.45. The molecule has 0 aliphatic heterocycles. The molecule has 2 heterocycles. The van der Waals surface area contributed by atoms with Gasteiger partial charge < -0.3 is 20.6 Å². The molecule has 4 rings (SSSR count). The molecule has 1 fully saturated rings. The first-order valence-corrected chi connectivity index (χ1v) is 16.6. The molecular formula is C30H40N6O5S2. The second-order valence-corrected chi connectivity index (χ2v) is 14.8. The highest BCUT2D eigenvalue weighted by molar-refractivity contribution is 7.89. The SMILES string of the molecule is CC(C)N(C(=O)O)C1CCC(c2ncc(-c3ccc(NC(=O)NCc4ccccn4)cc3S(=O)(=O)NC(C)(C)C)s2)CC1. The van der Waals surface area contributed by atoms with Crippen molar-refractivity contribution in [1.29, 1.82) is 0 Å². The van der Waals surface area contributed by atoms with Crippen LogP contribution in [0.2, 0.25) is 0 Å². The monoisotopic (exact) mass is 628 g/mol. The third-order valence-electron chi connectivity index (χ3n) is 7.13. The second kappa shape index (κ2) is 13.4. The molecule has 0 saturated heterocycles. The number of sulfonamides is 1. The van der Waals surface area contributed by atoms with Gasteiger partial charge in [0.25, 0.3) is 0 Å². The molecule has 43 heavy (non-hydrogen) atoms. The number of rotatable bonds is 9. The van der Waals surface area contributed by atoms with Crippen LogP contribution in [0.15, 0.2) is 53.7 Å². The van der Waals surface area contributed by atoms with Crippen molar-refractivity contribution in [2.45, 2.75) is 95.3 Å². The highest BCUT2D eigenvalue weighted by Crippen LogP contribution is 2.41. The summed E-state index contributed by atoms with van der Waals surface area (Å²) in [7, 11) is -3.97. The van der Waals surface area contributed by atoms with Gasteiger partial charge in [-0.15, -0.1) is 11.3 Å². The lowest BCUT2D eigenvalue weighted by molar-refractivity contribution is 0.0906. The van der Waals surface area contributed by atoms with Gasteiger partial charge in [-0.3, -0.25) is 4.98 Å². The average Bonchev–Trinajstić information content (AvgIpc) is 3.41. The summed E-state index contributed by atoms with van der Waals surface area (Å²) in [6.07, 6.45) is 5.56. The number of carboxylic acid groups (broad SMARTS) is 1. The third-order valence-corrected chi connectivity index (χ3v) is 10.1. The Morgan fingerprint density at radius 2 is 1.81 bits per heavy atom. The van der Waals surface area contributed by atoms with Gasteiger partial charge in [-0.1, -0.05) is 12.1 Å². The minimum absolute atomic E-state index is 0.0189. The molecule has 0 spiro atoms. The zero-order chi connectivity index (χ0) is 31.4. The second-order valence-electron chi connectivity index (χ2n) is 12.0. The molecule has 1 aliphatic carbocycles. The van der Waals surface area contributed by atoms with Crippen molar-refractivity contribution in [3.63, 3.8) is 0 Å². The molecule has 232 valence electrons. The van der Waals surface area contributed by atoms with Gasteiger partial charge in [-0.25, -0.2) is 27.7 Å². The van der Waals surface area contributed by atoms with E-state index in [1.165, 1.54) is 22.3 Å². The largest absolute Gasteiger partial charge is 0.465 e. The molecule has 3 aromatic rings. The molecule has 2 aromatic heterocycles. The number of amides is 3. The maximum Gasteiger partial charge on any atom is 0.407 e.